The average molecular weight is 273 g/mol. The van der Waals surface area contributed by atoms with E-state index in [2.05, 4.69) is 9.73 Å². The molecule has 0 saturated carbocycles. The molecule has 1 unspecified atom stereocenters. The second-order valence-electron chi connectivity index (χ2n) is 5.71. The first-order chi connectivity index (χ1) is 9.41. The lowest BCUT2D eigenvalue weighted by Crippen LogP contribution is -2.24. The molecule has 1 aliphatic rings. The summed E-state index contributed by atoms with van der Waals surface area (Å²) in [7, 11) is 1.34. The second kappa shape index (κ2) is 5.49. The largest absolute Gasteiger partial charge is 0.466 e. The molecule has 0 aromatic heterocycles. The van der Waals surface area contributed by atoms with Crippen molar-refractivity contribution in [2.24, 2.45) is 10.4 Å². The normalized spacial score (nSPS) is 20.5. The van der Waals surface area contributed by atoms with Crippen LogP contribution in [0.15, 0.2) is 47.2 Å². The number of hydrogen-bond acceptors (Lipinski definition) is 4. The van der Waals surface area contributed by atoms with Gasteiger partial charge in [0.1, 0.15) is 5.71 Å². The van der Waals surface area contributed by atoms with E-state index < -0.39 is 5.97 Å². The molecule has 0 bridgehead atoms. The van der Waals surface area contributed by atoms with Crippen LogP contribution in [0.25, 0.3) is 0 Å². The highest BCUT2D eigenvalue weighted by molar-refractivity contribution is 6.14. The van der Waals surface area contributed by atoms with E-state index in [0.717, 1.165) is 5.56 Å². The molecule has 0 spiro atoms. The van der Waals surface area contributed by atoms with Gasteiger partial charge in [-0.1, -0.05) is 51.1 Å². The Morgan fingerprint density at radius 1 is 1.30 bits per heavy atom. The van der Waals surface area contributed by atoms with Gasteiger partial charge < -0.3 is 9.47 Å². The van der Waals surface area contributed by atoms with Crippen LogP contribution in [-0.4, -0.2) is 25.0 Å². The molecule has 106 valence electrons. The summed E-state index contributed by atoms with van der Waals surface area (Å²) in [6.07, 6.45) is 1.03. The van der Waals surface area contributed by atoms with Crippen LogP contribution in [0.4, 0.5) is 0 Å². The van der Waals surface area contributed by atoms with Crippen LogP contribution in [0.1, 0.15) is 26.3 Å². The Kier molecular flexibility index (Phi) is 3.93. The van der Waals surface area contributed by atoms with E-state index in [-0.39, 0.29) is 11.6 Å². The smallest absolute Gasteiger partial charge is 0.334 e. The third-order valence-electron chi connectivity index (χ3n) is 2.96. The van der Waals surface area contributed by atoms with Gasteiger partial charge >= 0.3 is 5.97 Å². The predicted molar refractivity (Wildman–Crippen MR) is 77.4 cm³/mol. The Hall–Kier alpha value is -2.10. The molecule has 1 aliphatic heterocycles. The van der Waals surface area contributed by atoms with Crippen molar-refractivity contribution in [1.82, 2.24) is 0 Å². The highest BCUT2D eigenvalue weighted by Gasteiger charge is 2.34. The van der Waals surface area contributed by atoms with Crippen LogP contribution in [-0.2, 0) is 14.3 Å². The first kappa shape index (κ1) is 14.3. The van der Waals surface area contributed by atoms with Crippen molar-refractivity contribution in [3.05, 3.63) is 47.7 Å². The fourth-order valence-corrected chi connectivity index (χ4v) is 1.83. The summed E-state index contributed by atoms with van der Waals surface area (Å²) in [6, 6.07) is 9.68. The van der Waals surface area contributed by atoms with Gasteiger partial charge in [-0.3, -0.25) is 0 Å². The molecule has 1 heterocycles. The lowest BCUT2D eigenvalue weighted by molar-refractivity contribution is -0.135. The number of rotatable bonds is 2. The van der Waals surface area contributed by atoms with Crippen molar-refractivity contribution in [1.29, 1.82) is 0 Å². The van der Waals surface area contributed by atoms with Gasteiger partial charge in [0, 0.05) is 11.0 Å². The Morgan fingerprint density at radius 3 is 2.50 bits per heavy atom. The summed E-state index contributed by atoms with van der Waals surface area (Å²) in [5.41, 5.74) is 1.47. The minimum Gasteiger partial charge on any atom is -0.466 e. The number of esters is 1. The monoisotopic (exact) mass is 273 g/mol. The van der Waals surface area contributed by atoms with Crippen molar-refractivity contribution >= 4 is 11.7 Å². The average Bonchev–Trinajstić information content (AvgIpc) is 2.83. The summed E-state index contributed by atoms with van der Waals surface area (Å²) in [6.45, 7) is 6.14. The number of nitrogens with zero attached hydrogens (tertiary/aromatic N) is 1. The van der Waals surface area contributed by atoms with E-state index in [9.17, 15) is 4.79 Å². The summed E-state index contributed by atoms with van der Waals surface area (Å²) in [5.74, 6) is 0.0150. The molecule has 4 nitrogen and oxygen atoms in total. The fraction of sp³-hybridized carbons (Fsp3) is 0.375. The van der Waals surface area contributed by atoms with Crippen LogP contribution in [0.3, 0.4) is 0 Å². The highest BCUT2D eigenvalue weighted by atomic mass is 16.5. The Bertz CT molecular complexity index is 553. The van der Waals surface area contributed by atoms with Crippen LogP contribution < -0.4 is 0 Å². The molecule has 1 aromatic rings. The zero-order chi connectivity index (χ0) is 14.8. The summed E-state index contributed by atoms with van der Waals surface area (Å²) >= 11 is 0. The maximum absolute atomic E-state index is 11.5. The Labute approximate surface area is 119 Å². The number of benzene rings is 1. The number of aliphatic imine (C=N–C) groups is 1. The van der Waals surface area contributed by atoms with Gasteiger partial charge in [0.05, 0.1) is 13.2 Å². The molecule has 0 N–H and O–H groups in total. The molecule has 0 aliphatic carbocycles. The molecular weight excluding hydrogens is 254 g/mol. The topological polar surface area (TPSA) is 47.9 Å². The third-order valence-corrected chi connectivity index (χ3v) is 2.96. The van der Waals surface area contributed by atoms with Gasteiger partial charge in [-0.25, -0.2) is 9.79 Å². The van der Waals surface area contributed by atoms with Crippen molar-refractivity contribution in [2.45, 2.75) is 27.0 Å². The lowest BCUT2D eigenvalue weighted by Gasteiger charge is -2.23. The number of carbonyl (C=O) groups excluding carboxylic acids is 1. The highest BCUT2D eigenvalue weighted by Crippen LogP contribution is 2.32. The van der Waals surface area contributed by atoms with Crippen molar-refractivity contribution in [3.8, 4) is 0 Å². The fourth-order valence-electron chi connectivity index (χ4n) is 1.83. The van der Waals surface area contributed by atoms with Gasteiger partial charge in [0.25, 0.3) is 0 Å². The van der Waals surface area contributed by atoms with Gasteiger partial charge in [0.2, 0.25) is 0 Å². The molecule has 0 amide bonds. The van der Waals surface area contributed by atoms with E-state index in [1.807, 2.05) is 51.1 Å². The quantitative estimate of drug-likeness (QED) is 0.615. The van der Waals surface area contributed by atoms with Crippen molar-refractivity contribution < 1.29 is 14.3 Å². The minimum atomic E-state index is -0.446. The van der Waals surface area contributed by atoms with Crippen molar-refractivity contribution in [3.63, 3.8) is 0 Å². The first-order valence-electron chi connectivity index (χ1n) is 6.51. The SMILES string of the molecule is COC(=O)/C=C1\OC(C(C)(C)C)N=C1c1ccccc1. The zero-order valence-corrected chi connectivity index (χ0v) is 12.2. The van der Waals surface area contributed by atoms with Crippen LogP contribution in [0.5, 0.6) is 0 Å². The molecule has 4 heteroatoms. The summed E-state index contributed by atoms with van der Waals surface area (Å²) < 4.78 is 10.5. The lowest BCUT2D eigenvalue weighted by atomic mass is 9.95. The second-order valence-corrected chi connectivity index (χ2v) is 5.71. The molecule has 20 heavy (non-hydrogen) atoms. The molecule has 1 aromatic carbocycles. The predicted octanol–water partition coefficient (Wildman–Crippen LogP) is 2.94. The van der Waals surface area contributed by atoms with Gasteiger partial charge in [-0.05, 0) is 0 Å². The maximum Gasteiger partial charge on any atom is 0.334 e. The van der Waals surface area contributed by atoms with Gasteiger partial charge in [-0.15, -0.1) is 0 Å². The Balaban J connectivity index is 2.41. The van der Waals surface area contributed by atoms with Gasteiger partial charge in [0.15, 0.2) is 12.0 Å². The van der Waals surface area contributed by atoms with Crippen LogP contribution in [0.2, 0.25) is 0 Å². The molecule has 0 fully saturated rings. The Morgan fingerprint density at radius 2 is 1.95 bits per heavy atom. The van der Waals surface area contributed by atoms with E-state index in [1.54, 1.807) is 0 Å². The maximum atomic E-state index is 11.5. The molecule has 2 rings (SSSR count). The summed E-state index contributed by atoms with van der Waals surface area (Å²) in [5, 5.41) is 0. The molecule has 0 saturated heterocycles. The van der Waals surface area contributed by atoms with E-state index in [0.29, 0.717) is 11.5 Å². The first-order valence-corrected chi connectivity index (χ1v) is 6.51. The minimum absolute atomic E-state index is 0.147. The zero-order valence-electron chi connectivity index (χ0n) is 12.2. The third kappa shape index (κ3) is 3.07. The standard InChI is InChI=1S/C16H19NO3/c1-16(2,3)15-17-14(11-8-6-5-7-9-11)12(20-15)10-13(18)19-4/h5-10,15H,1-4H3/b12-10-. The number of carbonyl (C=O) groups is 1. The van der Waals surface area contributed by atoms with Crippen LogP contribution in [0, 0.1) is 5.41 Å². The number of methoxy groups -OCH3 is 1. The van der Waals surface area contributed by atoms with Gasteiger partial charge in [-0.2, -0.15) is 0 Å². The van der Waals surface area contributed by atoms with E-state index in [1.165, 1.54) is 13.2 Å². The molecular formula is C16H19NO3. The molecule has 0 radical (unpaired) electrons. The molecule has 1 atom stereocenters. The number of allylic oxidation sites excluding steroid dienone is 1. The summed E-state index contributed by atoms with van der Waals surface area (Å²) in [4.78, 5) is 16.1. The van der Waals surface area contributed by atoms with Crippen LogP contribution >= 0.6 is 0 Å². The number of hydrogen-bond donors (Lipinski definition) is 0. The van der Waals surface area contributed by atoms with E-state index in [4.69, 9.17) is 4.74 Å². The van der Waals surface area contributed by atoms with Crippen molar-refractivity contribution in [2.75, 3.05) is 7.11 Å². The number of ether oxygens (including phenoxy) is 2. The van der Waals surface area contributed by atoms with E-state index >= 15 is 0 Å².